The summed E-state index contributed by atoms with van der Waals surface area (Å²) in [6.45, 7) is 5.35. The Morgan fingerprint density at radius 1 is 0.887 bits per heavy atom. The van der Waals surface area contributed by atoms with Crippen molar-refractivity contribution >= 4 is 29.3 Å². The van der Waals surface area contributed by atoms with Gasteiger partial charge in [-0.05, 0) is 41.0 Å². The molecule has 2 saturated heterocycles. The highest BCUT2D eigenvalue weighted by atomic mass is 16.8. The normalized spacial score (nSPS) is 19.4. The highest BCUT2D eigenvalue weighted by molar-refractivity contribution is 6.02. The molecule has 0 aliphatic carbocycles. The molecule has 5 aromatic rings. The number of aromatic amines is 1. The number of H-pyrrole nitrogens is 1. The zero-order valence-corrected chi connectivity index (χ0v) is 29.2. The van der Waals surface area contributed by atoms with Crippen molar-refractivity contribution in [2.75, 3.05) is 26.9 Å². The van der Waals surface area contributed by atoms with Crippen LogP contribution >= 0.6 is 0 Å². The predicted molar refractivity (Wildman–Crippen MR) is 183 cm³/mol. The Morgan fingerprint density at radius 3 is 2.25 bits per heavy atom. The average Bonchev–Trinajstić information content (AvgIpc) is 3.96. The third-order valence-electron chi connectivity index (χ3n) is 8.64. The number of tetrazole rings is 1. The quantitative estimate of drug-likeness (QED) is 0.112. The maximum absolute atomic E-state index is 13.8. The maximum Gasteiger partial charge on any atom is 0.512 e. The number of carbonyl (C=O) groups is 3. The Balaban J connectivity index is 1.06. The van der Waals surface area contributed by atoms with Gasteiger partial charge in [-0.2, -0.15) is 10.2 Å². The first kappa shape index (κ1) is 35.3. The fourth-order valence-corrected chi connectivity index (χ4v) is 6.34. The minimum atomic E-state index is -1.75. The van der Waals surface area contributed by atoms with Crippen molar-refractivity contribution in [3.05, 3.63) is 77.9 Å². The van der Waals surface area contributed by atoms with Crippen molar-refractivity contribution in [3.63, 3.8) is 0 Å². The summed E-state index contributed by atoms with van der Waals surface area (Å²) in [7, 11) is 1.19. The summed E-state index contributed by atoms with van der Waals surface area (Å²) in [5, 5.41) is 14.4. The molecule has 17 heteroatoms. The van der Waals surface area contributed by atoms with Gasteiger partial charge in [-0.15, -0.1) is 10.2 Å². The van der Waals surface area contributed by atoms with E-state index >= 15 is 0 Å². The smallest absolute Gasteiger partial charge is 0.465 e. The molecule has 17 nitrogen and oxygen atoms in total. The number of imidazole rings is 1. The van der Waals surface area contributed by atoms with Crippen LogP contribution in [0.3, 0.4) is 0 Å². The van der Waals surface area contributed by atoms with Crippen LogP contribution in [0.15, 0.2) is 66.7 Å². The van der Waals surface area contributed by atoms with E-state index in [9.17, 15) is 14.4 Å². The molecule has 2 aliphatic rings. The van der Waals surface area contributed by atoms with Gasteiger partial charge in [-0.25, -0.2) is 14.4 Å². The molecule has 3 aromatic carbocycles. The third kappa shape index (κ3) is 7.47. The summed E-state index contributed by atoms with van der Waals surface area (Å²) in [6.07, 6.45) is -4.90. The zero-order chi connectivity index (χ0) is 37.1. The number of benzene rings is 3. The number of fused-ring (bicyclic) bond motifs is 2. The van der Waals surface area contributed by atoms with Gasteiger partial charge in [0.15, 0.2) is 12.2 Å². The van der Waals surface area contributed by atoms with Crippen molar-refractivity contribution in [3.8, 4) is 28.5 Å². The number of para-hydroxylation sites is 1. The molecule has 2 aromatic heterocycles. The lowest BCUT2D eigenvalue weighted by molar-refractivity contribution is -0.162. The Morgan fingerprint density at radius 2 is 1.58 bits per heavy atom. The maximum atomic E-state index is 13.8. The monoisotopic (exact) mass is 728 g/mol. The number of ether oxygens (including phenoxy) is 8. The minimum Gasteiger partial charge on any atom is -0.465 e. The summed E-state index contributed by atoms with van der Waals surface area (Å²) >= 11 is 0. The highest BCUT2D eigenvalue weighted by Crippen LogP contribution is 2.33. The molecule has 4 heterocycles. The lowest BCUT2D eigenvalue weighted by atomic mass is 9.98. The molecule has 0 saturated carbocycles. The molecule has 4 atom stereocenters. The van der Waals surface area contributed by atoms with E-state index in [2.05, 4.69) is 30.3 Å². The summed E-state index contributed by atoms with van der Waals surface area (Å²) in [5.74, 6) is -2.02. The average molecular weight is 729 g/mol. The molecule has 0 amide bonds. The Labute approximate surface area is 302 Å². The number of carbonyl (C=O) groups excluding carboxylic acids is 3. The van der Waals surface area contributed by atoms with Crippen LogP contribution in [-0.2, 0) is 39.7 Å². The van der Waals surface area contributed by atoms with E-state index in [4.69, 9.17) is 33.2 Å². The van der Waals surface area contributed by atoms with Gasteiger partial charge in [0.2, 0.25) is 5.82 Å². The molecule has 0 bridgehead atoms. The molecule has 0 spiro atoms. The fourth-order valence-electron chi connectivity index (χ4n) is 6.34. The van der Waals surface area contributed by atoms with Crippen LogP contribution in [0.4, 0.5) is 9.59 Å². The van der Waals surface area contributed by atoms with E-state index in [-0.39, 0.29) is 18.8 Å². The molecule has 2 aliphatic heterocycles. The van der Waals surface area contributed by atoms with Gasteiger partial charge in [0.1, 0.15) is 12.2 Å². The summed E-state index contributed by atoms with van der Waals surface area (Å²) in [5.41, 5.74) is 4.80. The number of esters is 1. The predicted octanol–water partition coefficient (Wildman–Crippen LogP) is 4.69. The van der Waals surface area contributed by atoms with Crippen molar-refractivity contribution in [1.82, 2.24) is 30.2 Å². The third-order valence-corrected chi connectivity index (χ3v) is 8.64. The van der Waals surface area contributed by atoms with E-state index in [0.717, 1.165) is 22.3 Å². The summed E-state index contributed by atoms with van der Waals surface area (Å²) in [4.78, 5) is 42.8. The van der Waals surface area contributed by atoms with Gasteiger partial charge >= 0.3 is 18.3 Å². The second-order valence-electron chi connectivity index (χ2n) is 12.6. The van der Waals surface area contributed by atoms with Crippen LogP contribution in [0.25, 0.3) is 33.5 Å². The first-order valence-corrected chi connectivity index (χ1v) is 16.8. The molecule has 1 N–H and O–H groups in total. The SMILES string of the molecule is CCOc1nc2cccc(C(=O)OC(C)(C)OC(=O)O[C@H]3CO[C@H]4[C@@H]3OC[C@H]4OC(=O)OC)c2n1Cc1ccc(-c2ccccc2-c2nn[nH]n2)cc1. The molecule has 53 heavy (non-hydrogen) atoms. The standard InChI is InChI=1S/C36H36N6O11/c1-5-47-33-37-25-12-8-11-24(28(25)42(33)17-20-13-15-21(16-14-20)22-9-6-7-10-23(22)31-38-40-41-39-31)32(43)52-36(2,3)53-35(45)51-27-19-49-29-26(18-48-30(27)29)50-34(44)46-4/h6-16,26-27,29-30H,5,17-19H2,1-4H3,(H,38,39,40,41)/t26-,27+,29-,30-/m1/s1. The molecule has 7 rings (SSSR count). The van der Waals surface area contributed by atoms with Crippen LogP contribution < -0.4 is 4.74 Å². The summed E-state index contributed by atoms with van der Waals surface area (Å²) < 4.78 is 45.3. The van der Waals surface area contributed by atoms with Gasteiger partial charge in [0.05, 0.1) is 50.1 Å². The molecule has 0 radical (unpaired) electrons. The topological polar surface area (TPSA) is 197 Å². The van der Waals surface area contributed by atoms with E-state index in [0.29, 0.717) is 36.0 Å². The van der Waals surface area contributed by atoms with Crippen LogP contribution in [0.1, 0.15) is 36.7 Å². The number of hydrogen-bond donors (Lipinski definition) is 1. The molecular weight excluding hydrogens is 692 g/mol. The van der Waals surface area contributed by atoms with Crippen molar-refractivity contribution in [2.24, 2.45) is 0 Å². The van der Waals surface area contributed by atoms with E-state index in [1.165, 1.54) is 21.0 Å². The Bertz CT molecular complexity index is 2100. The molecule has 0 unspecified atom stereocenters. The number of nitrogens with zero attached hydrogens (tertiary/aromatic N) is 5. The number of methoxy groups -OCH3 is 1. The van der Waals surface area contributed by atoms with Crippen LogP contribution in [0.5, 0.6) is 6.01 Å². The van der Waals surface area contributed by atoms with Crippen LogP contribution in [0.2, 0.25) is 0 Å². The van der Waals surface area contributed by atoms with Gasteiger partial charge in [-0.3, -0.25) is 4.57 Å². The Kier molecular flexibility index (Phi) is 9.92. The van der Waals surface area contributed by atoms with Crippen LogP contribution in [0, 0.1) is 0 Å². The second-order valence-corrected chi connectivity index (χ2v) is 12.6. The zero-order valence-electron chi connectivity index (χ0n) is 29.2. The molecule has 2 fully saturated rings. The summed E-state index contributed by atoms with van der Waals surface area (Å²) in [6, 6.07) is 21.1. The van der Waals surface area contributed by atoms with Crippen LogP contribution in [-0.4, -0.2) is 106 Å². The number of nitrogens with one attached hydrogen (secondary N) is 1. The Hall–Kier alpha value is -6.07. The highest BCUT2D eigenvalue weighted by Gasteiger charge is 2.52. The molecular formula is C36H36N6O11. The minimum absolute atomic E-state index is 0.0177. The lowest BCUT2D eigenvalue weighted by Crippen LogP contribution is -2.39. The first-order chi connectivity index (χ1) is 25.6. The van der Waals surface area contributed by atoms with Crippen molar-refractivity contribution in [1.29, 1.82) is 0 Å². The number of aromatic nitrogens is 6. The molecule has 276 valence electrons. The fraction of sp³-hybridized carbons (Fsp3) is 0.361. The lowest BCUT2D eigenvalue weighted by Gasteiger charge is -2.26. The van der Waals surface area contributed by atoms with Gasteiger partial charge < -0.3 is 37.9 Å². The van der Waals surface area contributed by atoms with E-state index < -0.39 is 48.5 Å². The van der Waals surface area contributed by atoms with Gasteiger partial charge in [-0.1, -0.05) is 54.6 Å². The largest absolute Gasteiger partial charge is 0.512 e. The van der Waals surface area contributed by atoms with Crippen molar-refractivity contribution in [2.45, 2.75) is 57.5 Å². The first-order valence-electron chi connectivity index (χ1n) is 16.8. The van der Waals surface area contributed by atoms with E-state index in [1.54, 1.807) is 22.8 Å². The van der Waals surface area contributed by atoms with Crippen molar-refractivity contribution < 1.29 is 52.3 Å². The van der Waals surface area contributed by atoms with E-state index in [1.807, 2.05) is 55.5 Å². The second kappa shape index (κ2) is 14.9. The number of rotatable bonds is 11. The number of hydrogen-bond acceptors (Lipinski definition) is 15. The van der Waals surface area contributed by atoms with Gasteiger partial charge in [0.25, 0.3) is 11.8 Å². The van der Waals surface area contributed by atoms with Gasteiger partial charge in [0, 0.05) is 19.4 Å².